The molecule has 5 nitrogen and oxygen atoms in total. The molecule has 1 amide bonds. The van der Waals surface area contributed by atoms with Crippen LogP contribution in [0, 0.1) is 0 Å². The first kappa shape index (κ1) is 19.2. The number of carbonyl (C=O) groups is 1. The minimum atomic E-state index is -0.113. The number of imidazole rings is 1. The fraction of sp³-hybridized carbons (Fsp3) is 0.333. The van der Waals surface area contributed by atoms with Crippen molar-refractivity contribution in [2.24, 2.45) is 0 Å². The standard InChI is InChI=1S/C21H24ClN3O2/c1-2-3-4-5-12-27-19-9-7-17(8-10-19)24-21(26)13-18-15-25-14-16(22)6-11-20(25)23-18/h6-11,14-15H,2-5,12-13H2,1H3,(H,24,26). The van der Waals surface area contributed by atoms with Gasteiger partial charge in [-0.2, -0.15) is 0 Å². The molecule has 27 heavy (non-hydrogen) atoms. The number of pyridine rings is 1. The van der Waals surface area contributed by atoms with Crippen LogP contribution in [0.15, 0.2) is 48.8 Å². The molecule has 0 saturated heterocycles. The zero-order chi connectivity index (χ0) is 19.1. The van der Waals surface area contributed by atoms with Gasteiger partial charge in [-0.25, -0.2) is 4.98 Å². The molecule has 0 aliphatic heterocycles. The van der Waals surface area contributed by atoms with Crippen LogP contribution in [0.3, 0.4) is 0 Å². The lowest BCUT2D eigenvalue weighted by Gasteiger charge is -2.08. The van der Waals surface area contributed by atoms with Crippen LogP contribution < -0.4 is 10.1 Å². The van der Waals surface area contributed by atoms with Gasteiger partial charge in [-0.05, 0) is 42.8 Å². The second kappa shape index (κ2) is 9.42. The molecule has 0 spiro atoms. The number of fused-ring (bicyclic) bond motifs is 1. The van der Waals surface area contributed by atoms with Crippen LogP contribution >= 0.6 is 11.6 Å². The Bertz CT molecular complexity index is 890. The molecule has 142 valence electrons. The van der Waals surface area contributed by atoms with Crippen LogP contribution in [0.2, 0.25) is 5.02 Å². The van der Waals surface area contributed by atoms with E-state index in [2.05, 4.69) is 17.2 Å². The molecule has 6 heteroatoms. The summed E-state index contributed by atoms with van der Waals surface area (Å²) in [5.74, 6) is 0.708. The Hall–Kier alpha value is -2.53. The third-order valence-electron chi connectivity index (χ3n) is 4.21. The highest BCUT2D eigenvalue weighted by Gasteiger charge is 2.08. The average Bonchev–Trinajstić information content (AvgIpc) is 3.04. The topological polar surface area (TPSA) is 55.6 Å². The van der Waals surface area contributed by atoms with E-state index in [9.17, 15) is 4.79 Å². The van der Waals surface area contributed by atoms with Gasteiger partial charge in [-0.1, -0.05) is 37.8 Å². The highest BCUT2D eigenvalue weighted by Crippen LogP contribution is 2.17. The van der Waals surface area contributed by atoms with Gasteiger partial charge in [-0.15, -0.1) is 0 Å². The van der Waals surface area contributed by atoms with Gasteiger partial charge < -0.3 is 14.5 Å². The predicted molar refractivity (Wildman–Crippen MR) is 109 cm³/mol. The number of hydrogen-bond donors (Lipinski definition) is 1. The predicted octanol–water partition coefficient (Wildman–Crippen LogP) is 5.13. The summed E-state index contributed by atoms with van der Waals surface area (Å²) in [6, 6.07) is 11.1. The largest absolute Gasteiger partial charge is 0.494 e. The van der Waals surface area contributed by atoms with Gasteiger partial charge >= 0.3 is 0 Å². The summed E-state index contributed by atoms with van der Waals surface area (Å²) in [5.41, 5.74) is 2.20. The van der Waals surface area contributed by atoms with Gasteiger partial charge in [0.2, 0.25) is 5.91 Å². The summed E-state index contributed by atoms with van der Waals surface area (Å²) in [7, 11) is 0. The maximum absolute atomic E-state index is 12.3. The quantitative estimate of drug-likeness (QED) is 0.519. The Morgan fingerprint density at radius 2 is 1.93 bits per heavy atom. The number of benzene rings is 1. The van der Waals surface area contributed by atoms with E-state index >= 15 is 0 Å². The van der Waals surface area contributed by atoms with E-state index in [1.165, 1.54) is 19.3 Å². The Morgan fingerprint density at radius 1 is 1.11 bits per heavy atom. The number of ether oxygens (including phenoxy) is 1. The molecule has 0 aliphatic rings. The number of nitrogens with one attached hydrogen (secondary N) is 1. The molecule has 0 unspecified atom stereocenters. The van der Waals surface area contributed by atoms with E-state index in [0.717, 1.165) is 30.1 Å². The van der Waals surface area contributed by atoms with E-state index in [-0.39, 0.29) is 12.3 Å². The van der Waals surface area contributed by atoms with Gasteiger partial charge in [0.05, 0.1) is 23.7 Å². The van der Waals surface area contributed by atoms with Gasteiger partial charge in [0, 0.05) is 18.1 Å². The van der Waals surface area contributed by atoms with Crippen LogP contribution in [0.1, 0.15) is 38.3 Å². The van der Waals surface area contributed by atoms with Gasteiger partial charge in [0.1, 0.15) is 11.4 Å². The van der Waals surface area contributed by atoms with E-state index in [1.54, 1.807) is 12.3 Å². The third kappa shape index (κ3) is 5.73. The molecule has 0 atom stereocenters. The minimum Gasteiger partial charge on any atom is -0.494 e. The molecule has 0 bridgehead atoms. The van der Waals surface area contributed by atoms with E-state index in [1.807, 2.05) is 40.9 Å². The molecule has 0 saturated carbocycles. The Morgan fingerprint density at radius 3 is 2.70 bits per heavy atom. The number of rotatable bonds is 9. The molecular weight excluding hydrogens is 362 g/mol. The van der Waals surface area contributed by atoms with Crippen LogP contribution in [0.5, 0.6) is 5.75 Å². The van der Waals surface area contributed by atoms with Crippen molar-refractivity contribution in [2.45, 2.75) is 39.0 Å². The lowest BCUT2D eigenvalue weighted by Crippen LogP contribution is -2.14. The number of halogens is 1. The molecule has 0 radical (unpaired) electrons. The molecule has 1 aromatic carbocycles. The summed E-state index contributed by atoms with van der Waals surface area (Å²) < 4.78 is 7.53. The summed E-state index contributed by atoms with van der Waals surface area (Å²) >= 11 is 5.97. The Balaban J connectivity index is 1.49. The zero-order valence-electron chi connectivity index (χ0n) is 15.5. The monoisotopic (exact) mass is 385 g/mol. The molecule has 3 rings (SSSR count). The second-order valence-corrected chi connectivity index (χ2v) is 6.94. The van der Waals surface area contributed by atoms with Crippen molar-refractivity contribution in [1.29, 1.82) is 0 Å². The first-order valence-corrected chi connectivity index (χ1v) is 9.67. The van der Waals surface area contributed by atoms with Crippen LogP contribution in [0.4, 0.5) is 5.69 Å². The first-order chi connectivity index (χ1) is 13.1. The second-order valence-electron chi connectivity index (χ2n) is 6.50. The number of unbranched alkanes of at least 4 members (excludes halogenated alkanes) is 3. The van der Waals surface area contributed by atoms with E-state index < -0.39 is 0 Å². The number of nitrogens with zero attached hydrogens (tertiary/aromatic N) is 2. The maximum Gasteiger partial charge on any atom is 0.230 e. The van der Waals surface area contributed by atoms with E-state index in [4.69, 9.17) is 16.3 Å². The fourth-order valence-electron chi connectivity index (χ4n) is 2.83. The molecular formula is C21H24ClN3O2. The number of hydrogen-bond acceptors (Lipinski definition) is 3. The highest BCUT2D eigenvalue weighted by atomic mass is 35.5. The molecule has 3 aromatic rings. The molecule has 2 heterocycles. The highest BCUT2D eigenvalue weighted by molar-refractivity contribution is 6.30. The average molecular weight is 386 g/mol. The Labute approximate surface area is 164 Å². The van der Waals surface area contributed by atoms with Crippen molar-refractivity contribution in [3.63, 3.8) is 0 Å². The minimum absolute atomic E-state index is 0.113. The van der Waals surface area contributed by atoms with Crippen molar-refractivity contribution in [3.05, 3.63) is 59.5 Å². The molecule has 2 aromatic heterocycles. The van der Waals surface area contributed by atoms with Gasteiger partial charge in [0.25, 0.3) is 0 Å². The first-order valence-electron chi connectivity index (χ1n) is 9.30. The Kier molecular flexibility index (Phi) is 6.71. The molecule has 0 aliphatic carbocycles. The molecule has 0 fully saturated rings. The normalized spacial score (nSPS) is 10.9. The van der Waals surface area contributed by atoms with Crippen LogP contribution in [0.25, 0.3) is 5.65 Å². The van der Waals surface area contributed by atoms with Crippen molar-refractivity contribution in [3.8, 4) is 5.75 Å². The summed E-state index contributed by atoms with van der Waals surface area (Å²) in [6.45, 7) is 2.92. The van der Waals surface area contributed by atoms with Crippen molar-refractivity contribution in [2.75, 3.05) is 11.9 Å². The lowest BCUT2D eigenvalue weighted by molar-refractivity contribution is -0.115. The number of amides is 1. The number of carbonyl (C=O) groups excluding carboxylic acids is 1. The van der Waals surface area contributed by atoms with Crippen molar-refractivity contribution in [1.82, 2.24) is 9.38 Å². The number of anilines is 1. The third-order valence-corrected chi connectivity index (χ3v) is 4.43. The maximum atomic E-state index is 12.3. The summed E-state index contributed by atoms with van der Waals surface area (Å²) in [6.07, 6.45) is 8.51. The number of aromatic nitrogens is 2. The van der Waals surface area contributed by atoms with Gasteiger partial charge in [-0.3, -0.25) is 4.79 Å². The van der Waals surface area contributed by atoms with Crippen LogP contribution in [-0.2, 0) is 11.2 Å². The van der Waals surface area contributed by atoms with E-state index in [0.29, 0.717) is 10.7 Å². The smallest absolute Gasteiger partial charge is 0.230 e. The summed E-state index contributed by atoms with van der Waals surface area (Å²) in [4.78, 5) is 16.7. The van der Waals surface area contributed by atoms with Crippen molar-refractivity contribution < 1.29 is 9.53 Å². The molecule has 1 N–H and O–H groups in total. The summed E-state index contributed by atoms with van der Waals surface area (Å²) in [5, 5.41) is 3.52. The van der Waals surface area contributed by atoms with Crippen LogP contribution in [-0.4, -0.2) is 21.9 Å². The SMILES string of the molecule is CCCCCCOc1ccc(NC(=O)Cc2cn3cc(Cl)ccc3n2)cc1. The van der Waals surface area contributed by atoms with Gasteiger partial charge in [0.15, 0.2) is 0 Å². The fourth-order valence-corrected chi connectivity index (χ4v) is 2.99. The lowest BCUT2D eigenvalue weighted by atomic mass is 10.2. The zero-order valence-corrected chi connectivity index (χ0v) is 16.2. The van der Waals surface area contributed by atoms with Crippen molar-refractivity contribution >= 4 is 28.8 Å².